The van der Waals surface area contributed by atoms with Crippen molar-refractivity contribution >= 4 is 44.8 Å². The molecule has 0 bridgehead atoms. The van der Waals surface area contributed by atoms with Gasteiger partial charge in [0.05, 0.1) is 47.0 Å². The highest BCUT2D eigenvalue weighted by Gasteiger charge is 2.31. The fourth-order valence-electron chi connectivity index (χ4n) is 6.45. The number of aromatic amines is 1. The van der Waals surface area contributed by atoms with Crippen molar-refractivity contribution in [3.05, 3.63) is 53.5 Å². The molecular weight excluding hydrogens is 548 g/mol. The number of rotatable bonds is 5. The molecule has 2 atom stereocenters. The van der Waals surface area contributed by atoms with E-state index < -0.39 is 11.8 Å². The largest absolute Gasteiger partial charge is 0.453 e. The number of aromatic nitrogens is 8. The first-order chi connectivity index (χ1) is 20.7. The molecule has 1 aliphatic carbocycles. The molecule has 0 unspecified atom stereocenters. The van der Waals surface area contributed by atoms with Gasteiger partial charge in [-0.2, -0.15) is 15.2 Å². The van der Waals surface area contributed by atoms with Crippen LogP contribution < -0.4 is 16.7 Å². The Morgan fingerprint density at radius 2 is 2.00 bits per heavy atom. The molecule has 1 fully saturated rings. The van der Waals surface area contributed by atoms with Crippen molar-refractivity contribution < 1.29 is 9.53 Å². The Balaban J connectivity index is 1.52. The SMILES string of the molecule is COC(=O)N[C@@H]1CC[C@@H](n2c(=O)nc(N)c3cnc4[nH]c(-c5cnn(C)c5)c(-c5ccc6c(cnn6C(C)C)c5)c4c32)C1. The fourth-order valence-corrected chi connectivity index (χ4v) is 6.45. The number of pyridine rings is 1. The lowest BCUT2D eigenvalue weighted by Gasteiger charge is -2.19. The first kappa shape index (κ1) is 26.7. The van der Waals surface area contributed by atoms with Crippen molar-refractivity contribution in [2.75, 3.05) is 12.8 Å². The van der Waals surface area contributed by atoms with Gasteiger partial charge in [0.15, 0.2) is 0 Å². The van der Waals surface area contributed by atoms with Gasteiger partial charge in [-0.1, -0.05) is 6.07 Å². The molecule has 13 nitrogen and oxygen atoms in total. The van der Waals surface area contributed by atoms with Crippen LogP contribution in [0.25, 0.3) is 55.2 Å². The van der Waals surface area contributed by atoms with Crippen LogP contribution >= 0.6 is 0 Å². The third-order valence-corrected chi connectivity index (χ3v) is 8.38. The summed E-state index contributed by atoms with van der Waals surface area (Å²) in [5.41, 5.74) is 11.7. The summed E-state index contributed by atoms with van der Waals surface area (Å²) in [6.45, 7) is 4.20. The molecule has 1 aliphatic rings. The van der Waals surface area contributed by atoms with E-state index in [0.717, 1.165) is 38.7 Å². The molecule has 0 aliphatic heterocycles. The van der Waals surface area contributed by atoms with Crippen LogP contribution in [0.2, 0.25) is 0 Å². The molecule has 5 heterocycles. The normalized spacial score (nSPS) is 17.0. The first-order valence-electron chi connectivity index (χ1n) is 14.3. The third-order valence-electron chi connectivity index (χ3n) is 8.38. The molecular formula is C30H32N10O3. The predicted molar refractivity (Wildman–Crippen MR) is 164 cm³/mol. The van der Waals surface area contributed by atoms with E-state index in [2.05, 4.69) is 57.5 Å². The number of H-pyrrole nitrogens is 1. The summed E-state index contributed by atoms with van der Waals surface area (Å²) in [6, 6.07) is 6.12. The molecule has 13 heteroatoms. The number of aryl methyl sites for hydroxylation is 1. The van der Waals surface area contributed by atoms with E-state index in [4.69, 9.17) is 15.5 Å². The van der Waals surface area contributed by atoms with Crippen LogP contribution in [0.1, 0.15) is 45.2 Å². The summed E-state index contributed by atoms with van der Waals surface area (Å²) >= 11 is 0. The molecule has 1 aromatic carbocycles. The van der Waals surface area contributed by atoms with Gasteiger partial charge in [0.1, 0.15) is 11.5 Å². The lowest BCUT2D eigenvalue weighted by molar-refractivity contribution is 0.166. The van der Waals surface area contributed by atoms with Crippen molar-refractivity contribution in [1.29, 1.82) is 0 Å². The summed E-state index contributed by atoms with van der Waals surface area (Å²) in [4.78, 5) is 38.0. The van der Waals surface area contributed by atoms with Gasteiger partial charge < -0.3 is 20.8 Å². The lowest BCUT2D eigenvalue weighted by atomic mass is 9.97. The maximum atomic E-state index is 13.6. The zero-order valence-corrected chi connectivity index (χ0v) is 24.3. The van der Waals surface area contributed by atoms with Gasteiger partial charge in [0.2, 0.25) is 0 Å². The van der Waals surface area contributed by atoms with Gasteiger partial charge in [-0.25, -0.2) is 14.6 Å². The number of amides is 1. The zero-order valence-electron chi connectivity index (χ0n) is 24.3. The van der Waals surface area contributed by atoms with E-state index in [1.165, 1.54) is 7.11 Å². The number of methoxy groups -OCH3 is 1. The number of alkyl carbamates (subject to hydrolysis) is 1. The van der Waals surface area contributed by atoms with Gasteiger partial charge in [-0.3, -0.25) is 13.9 Å². The number of nitrogen functional groups attached to an aromatic ring is 1. The highest BCUT2D eigenvalue weighted by atomic mass is 16.5. The summed E-state index contributed by atoms with van der Waals surface area (Å²) in [7, 11) is 3.21. The Morgan fingerprint density at radius 1 is 1.16 bits per heavy atom. The monoisotopic (exact) mass is 580 g/mol. The molecule has 6 aromatic rings. The standard InChI is InChI=1S/C30H32N10O3/c1-15(2)40-22-8-5-16(9-17(22)11-34-40)23-24-26-21(13-32-28(24)36-25(23)18-12-33-38(3)14-18)27(31)37-29(41)39(26)20-7-6-19(10-20)35-30(42)43-4/h5,8-9,11-15,19-20H,6-7,10H2,1-4H3,(H,32,36)(H,35,42)(H2,31,37,41)/t19-,20-/m1/s1. The van der Waals surface area contributed by atoms with Gasteiger partial charge >= 0.3 is 11.8 Å². The zero-order chi connectivity index (χ0) is 30.0. The van der Waals surface area contributed by atoms with E-state index >= 15 is 0 Å². The van der Waals surface area contributed by atoms with Gasteiger partial charge in [0, 0.05) is 54.1 Å². The Bertz CT molecular complexity index is 2100. The fraction of sp³-hybridized carbons (Fsp3) is 0.333. The van der Waals surface area contributed by atoms with Crippen molar-refractivity contribution in [1.82, 2.24) is 44.4 Å². The van der Waals surface area contributed by atoms with E-state index in [1.54, 1.807) is 21.6 Å². The molecule has 0 saturated heterocycles. The molecule has 5 aromatic heterocycles. The minimum absolute atomic E-state index is 0.122. The smallest absolute Gasteiger partial charge is 0.407 e. The Kier molecular flexibility index (Phi) is 6.18. The van der Waals surface area contributed by atoms with Crippen LogP contribution in [0.5, 0.6) is 0 Å². The summed E-state index contributed by atoms with van der Waals surface area (Å²) in [5.74, 6) is 0.122. The summed E-state index contributed by atoms with van der Waals surface area (Å²) < 4.78 is 10.3. The van der Waals surface area contributed by atoms with E-state index in [1.807, 2.05) is 24.1 Å². The number of carbonyl (C=O) groups excluding carboxylic acids is 1. The second-order valence-corrected chi connectivity index (χ2v) is 11.4. The van der Waals surface area contributed by atoms with Crippen LogP contribution in [-0.4, -0.2) is 58.3 Å². The number of nitrogens with one attached hydrogen (secondary N) is 2. The quantitative estimate of drug-likeness (QED) is 0.272. The molecule has 0 radical (unpaired) electrons. The first-order valence-corrected chi connectivity index (χ1v) is 14.3. The van der Waals surface area contributed by atoms with E-state index in [-0.39, 0.29) is 23.9 Å². The predicted octanol–water partition coefficient (Wildman–Crippen LogP) is 4.30. The Morgan fingerprint density at radius 3 is 2.74 bits per heavy atom. The number of anilines is 1. The highest BCUT2D eigenvalue weighted by molar-refractivity contribution is 6.16. The Labute approximate surface area is 245 Å². The Hall–Kier alpha value is -5.20. The van der Waals surface area contributed by atoms with Crippen LogP contribution in [0.15, 0.2) is 47.8 Å². The topological polar surface area (TPSA) is 164 Å². The van der Waals surface area contributed by atoms with Crippen LogP contribution in [-0.2, 0) is 11.8 Å². The minimum Gasteiger partial charge on any atom is -0.453 e. The number of ether oxygens (including phenoxy) is 1. The second-order valence-electron chi connectivity index (χ2n) is 11.4. The van der Waals surface area contributed by atoms with E-state index in [0.29, 0.717) is 35.8 Å². The van der Waals surface area contributed by atoms with Gasteiger partial charge in [-0.15, -0.1) is 0 Å². The van der Waals surface area contributed by atoms with Crippen molar-refractivity contribution in [2.24, 2.45) is 7.05 Å². The average Bonchev–Trinajstić information content (AvgIpc) is 3.77. The third kappa shape index (κ3) is 4.30. The maximum Gasteiger partial charge on any atom is 0.407 e. The minimum atomic E-state index is -0.491. The molecule has 7 rings (SSSR count). The average molecular weight is 581 g/mol. The molecule has 220 valence electrons. The van der Waals surface area contributed by atoms with Crippen molar-refractivity contribution in [3.63, 3.8) is 0 Å². The molecule has 1 saturated carbocycles. The summed E-state index contributed by atoms with van der Waals surface area (Å²) in [5, 5.41) is 14.3. The number of carbonyl (C=O) groups is 1. The number of nitrogens with zero attached hydrogens (tertiary/aromatic N) is 7. The number of hydrogen-bond donors (Lipinski definition) is 3. The molecule has 4 N–H and O–H groups in total. The number of nitrogens with two attached hydrogens (primary N) is 1. The highest BCUT2D eigenvalue weighted by Crippen LogP contribution is 2.43. The molecule has 1 amide bonds. The van der Waals surface area contributed by atoms with Crippen molar-refractivity contribution in [3.8, 4) is 22.4 Å². The van der Waals surface area contributed by atoms with Crippen LogP contribution in [0.4, 0.5) is 10.6 Å². The number of benzene rings is 1. The summed E-state index contributed by atoms with van der Waals surface area (Å²) in [6.07, 6.45) is 8.71. The molecule has 43 heavy (non-hydrogen) atoms. The molecule has 0 spiro atoms. The number of hydrogen-bond acceptors (Lipinski definition) is 8. The second kappa shape index (κ2) is 9.96. The number of fused-ring (bicyclic) bond motifs is 4. The van der Waals surface area contributed by atoms with Crippen LogP contribution in [0, 0.1) is 0 Å². The van der Waals surface area contributed by atoms with Gasteiger partial charge in [-0.05, 0) is 50.8 Å². The van der Waals surface area contributed by atoms with Crippen LogP contribution in [0.3, 0.4) is 0 Å². The van der Waals surface area contributed by atoms with Crippen molar-refractivity contribution in [2.45, 2.75) is 51.2 Å². The lowest BCUT2D eigenvalue weighted by Crippen LogP contribution is -2.34. The van der Waals surface area contributed by atoms with Gasteiger partial charge in [0.25, 0.3) is 0 Å². The van der Waals surface area contributed by atoms with E-state index in [9.17, 15) is 9.59 Å². The maximum absolute atomic E-state index is 13.6.